The van der Waals surface area contributed by atoms with Gasteiger partial charge in [-0.05, 0) is 26.2 Å². The second kappa shape index (κ2) is 5.05. The monoisotopic (exact) mass is 288 g/mol. The van der Waals surface area contributed by atoms with Crippen LogP contribution >= 0.6 is 0 Å². The van der Waals surface area contributed by atoms with Crippen molar-refractivity contribution in [2.75, 3.05) is 6.61 Å². The zero-order valence-electron chi connectivity index (χ0n) is 11.5. The summed E-state index contributed by atoms with van der Waals surface area (Å²) >= 11 is 0. The van der Waals surface area contributed by atoms with E-state index >= 15 is 0 Å². The van der Waals surface area contributed by atoms with Crippen LogP contribution in [0.2, 0.25) is 0 Å². The molecule has 0 aliphatic carbocycles. The van der Waals surface area contributed by atoms with E-state index in [1.807, 2.05) is 18.2 Å². The molecule has 0 aromatic heterocycles. The molecule has 1 unspecified atom stereocenters. The molecule has 2 rings (SSSR count). The highest BCUT2D eigenvalue weighted by atomic mass is 19.4. The van der Waals surface area contributed by atoms with E-state index in [1.165, 1.54) is 0 Å². The van der Waals surface area contributed by atoms with Crippen LogP contribution in [-0.2, 0) is 14.0 Å². The lowest BCUT2D eigenvalue weighted by atomic mass is 9.79. The first-order valence-corrected chi connectivity index (χ1v) is 6.24. The molecule has 7 heteroatoms. The number of hydrogen-bond acceptors (Lipinski definition) is 3. The fraction of sp³-hybridized carbons (Fsp3) is 0.538. The van der Waals surface area contributed by atoms with Gasteiger partial charge in [0.25, 0.3) is 0 Å². The van der Waals surface area contributed by atoms with Crippen LogP contribution in [0.5, 0.6) is 0 Å². The van der Waals surface area contributed by atoms with E-state index in [-0.39, 0.29) is 0 Å². The molecule has 0 radical (unpaired) electrons. The fourth-order valence-electron chi connectivity index (χ4n) is 1.97. The molecule has 1 aliphatic rings. The maximum atomic E-state index is 12.2. The summed E-state index contributed by atoms with van der Waals surface area (Å²) in [7, 11) is -0.701. The maximum Gasteiger partial charge on any atom is 0.522 e. The summed E-state index contributed by atoms with van der Waals surface area (Å²) in [6, 6.07) is 9.08. The first-order valence-electron chi connectivity index (χ1n) is 6.24. The highest BCUT2D eigenvalue weighted by molar-refractivity contribution is 6.62. The number of benzene rings is 1. The van der Waals surface area contributed by atoms with Crippen LogP contribution in [0.25, 0.3) is 0 Å². The predicted octanol–water partition coefficient (Wildman–Crippen LogP) is 2.50. The van der Waals surface area contributed by atoms with Crippen LogP contribution in [0.4, 0.5) is 13.2 Å². The maximum absolute atomic E-state index is 12.2. The van der Waals surface area contributed by atoms with Gasteiger partial charge in [0.1, 0.15) is 5.60 Å². The summed E-state index contributed by atoms with van der Waals surface area (Å²) in [6.07, 6.45) is -4.69. The van der Waals surface area contributed by atoms with Crippen LogP contribution in [0, 0.1) is 0 Å². The van der Waals surface area contributed by atoms with Gasteiger partial charge in [-0.1, -0.05) is 30.3 Å². The predicted molar refractivity (Wildman–Crippen MR) is 68.5 cm³/mol. The lowest BCUT2D eigenvalue weighted by Gasteiger charge is -2.36. The summed E-state index contributed by atoms with van der Waals surface area (Å²) in [4.78, 5) is 0. The van der Waals surface area contributed by atoms with Gasteiger partial charge >= 0.3 is 13.5 Å². The van der Waals surface area contributed by atoms with Crippen molar-refractivity contribution in [1.82, 2.24) is 0 Å². The molecular weight excluding hydrogens is 272 g/mol. The summed E-state index contributed by atoms with van der Waals surface area (Å²) < 4.78 is 52.1. The van der Waals surface area contributed by atoms with E-state index in [0.29, 0.717) is 0 Å². The average molecular weight is 288 g/mol. The molecule has 110 valence electrons. The van der Waals surface area contributed by atoms with Gasteiger partial charge in [0, 0.05) is 0 Å². The van der Waals surface area contributed by atoms with Crippen molar-refractivity contribution in [1.29, 1.82) is 0 Å². The van der Waals surface area contributed by atoms with Crippen molar-refractivity contribution in [3.05, 3.63) is 30.3 Å². The highest BCUT2D eigenvalue weighted by Crippen LogP contribution is 2.38. The van der Waals surface area contributed by atoms with Crippen LogP contribution < -0.4 is 5.46 Å². The van der Waals surface area contributed by atoms with Crippen LogP contribution in [0.1, 0.15) is 20.8 Å². The Hall–Kier alpha value is -1.05. The van der Waals surface area contributed by atoms with Gasteiger partial charge in [0.2, 0.25) is 0 Å². The third kappa shape index (κ3) is 3.16. The van der Waals surface area contributed by atoms with E-state index in [4.69, 9.17) is 9.31 Å². The molecule has 0 N–H and O–H groups in total. The Bertz CT molecular complexity index is 464. The zero-order valence-corrected chi connectivity index (χ0v) is 11.5. The molecule has 1 aromatic rings. The van der Waals surface area contributed by atoms with Gasteiger partial charge in [-0.15, -0.1) is 13.2 Å². The minimum atomic E-state index is -4.69. The molecule has 1 heterocycles. The Morgan fingerprint density at radius 2 is 1.70 bits per heavy atom. The van der Waals surface area contributed by atoms with Crippen molar-refractivity contribution in [2.45, 2.75) is 38.3 Å². The van der Waals surface area contributed by atoms with Crippen molar-refractivity contribution in [3.63, 3.8) is 0 Å². The lowest BCUT2D eigenvalue weighted by Crippen LogP contribution is -2.49. The number of hydrogen-bond donors (Lipinski definition) is 0. The Balaban J connectivity index is 2.14. The number of halogens is 3. The van der Waals surface area contributed by atoms with Crippen molar-refractivity contribution in [2.24, 2.45) is 0 Å². The Morgan fingerprint density at radius 3 is 2.25 bits per heavy atom. The van der Waals surface area contributed by atoms with E-state index < -0.39 is 31.3 Å². The molecule has 0 amide bonds. The average Bonchev–Trinajstić information content (AvgIpc) is 2.59. The molecule has 1 saturated heterocycles. The minimum Gasteiger partial charge on any atom is -0.399 e. The number of alkyl halides is 3. The third-order valence-corrected chi connectivity index (χ3v) is 3.63. The van der Waals surface area contributed by atoms with Crippen molar-refractivity contribution < 1.29 is 27.2 Å². The summed E-state index contributed by atoms with van der Waals surface area (Å²) in [5.41, 5.74) is -1.33. The van der Waals surface area contributed by atoms with Gasteiger partial charge < -0.3 is 9.31 Å². The van der Waals surface area contributed by atoms with Gasteiger partial charge in [0.05, 0.1) is 12.2 Å². The first kappa shape index (κ1) is 15.3. The second-order valence-corrected chi connectivity index (χ2v) is 5.45. The first-order chi connectivity index (χ1) is 9.13. The molecule has 0 saturated carbocycles. The largest absolute Gasteiger partial charge is 0.522 e. The van der Waals surface area contributed by atoms with E-state index in [9.17, 15) is 13.2 Å². The minimum absolute atomic E-state index is 0.618. The summed E-state index contributed by atoms with van der Waals surface area (Å²) in [5, 5.41) is 0. The molecule has 20 heavy (non-hydrogen) atoms. The van der Waals surface area contributed by atoms with Gasteiger partial charge in [-0.2, -0.15) is 0 Å². The second-order valence-electron chi connectivity index (χ2n) is 5.45. The molecule has 1 fully saturated rings. The summed E-state index contributed by atoms with van der Waals surface area (Å²) in [6.45, 7) is 4.32. The quantitative estimate of drug-likeness (QED) is 0.800. The van der Waals surface area contributed by atoms with Crippen molar-refractivity contribution in [3.8, 4) is 0 Å². The van der Waals surface area contributed by atoms with E-state index in [2.05, 4.69) is 4.74 Å². The summed E-state index contributed by atoms with van der Waals surface area (Å²) in [5.74, 6) is 0. The van der Waals surface area contributed by atoms with Gasteiger partial charge in [-0.3, -0.25) is 4.74 Å². The molecular formula is C13H16BF3O3. The van der Waals surface area contributed by atoms with E-state index in [1.54, 1.807) is 32.9 Å². The Kier molecular flexibility index (Phi) is 3.88. The number of ether oxygens (including phenoxy) is 1. The SMILES string of the molecule is CC1(C)OB(c2ccccc2)OC1(C)COC(F)(F)F. The smallest absolute Gasteiger partial charge is 0.399 e. The third-order valence-electron chi connectivity index (χ3n) is 3.63. The van der Waals surface area contributed by atoms with Crippen molar-refractivity contribution >= 4 is 12.6 Å². The normalized spacial score (nSPS) is 26.0. The molecule has 1 atom stereocenters. The fourth-order valence-corrected chi connectivity index (χ4v) is 1.97. The molecule has 1 aromatic carbocycles. The Morgan fingerprint density at radius 1 is 1.10 bits per heavy atom. The lowest BCUT2D eigenvalue weighted by molar-refractivity contribution is -0.337. The van der Waals surface area contributed by atoms with Crippen LogP contribution in [-0.4, -0.2) is 31.3 Å². The highest BCUT2D eigenvalue weighted by Gasteiger charge is 2.55. The van der Waals surface area contributed by atoms with Gasteiger partial charge in [-0.25, -0.2) is 0 Å². The van der Waals surface area contributed by atoms with Gasteiger partial charge in [0.15, 0.2) is 0 Å². The Labute approximate surface area is 116 Å². The molecule has 0 spiro atoms. The molecule has 0 bridgehead atoms. The van der Waals surface area contributed by atoms with Crippen LogP contribution in [0.3, 0.4) is 0 Å². The zero-order chi connectivity index (χ0) is 15.0. The standard InChI is InChI=1S/C13H16BF3O3/c1-11(2)12(3,9-18-13(15,16)17)20-14(19-11)10-7-5-4-6-8-10/h4-8H,9H2,1-3H3. The molecule has 1 aliphatic heterocycles. The molecule has 3 nitrogen and oxygen atoms in total. The van der Waals surface area contributed by atoms with Crippen LogP contribution in [0.15, 0.2) is 30.3 Å². The number of rotatable bonds is 3. The van der Waals surface area contributed by atoms with E-state index in [0.717, 1.165) is 5.46 Å². The topological polar surface area (TPSA) is 27.7 Å².